The van der Waals surface area contributed by atoms with Crippen molar-refractivity contribution in [2.45, 2.75) is 6.92 Å². The van der Waals surface area contributed by atoms with Crippen LogP contribution in [0.1, 0.15) is 12.5 Å². The first kappa shape index (κ1) is 15.2. The van der Waals surface area contributed by atoms with Crippen LogP contribution in [0.5, 0.6) is 5.75 Å². The number of nitrogens with zero attached hydrogens (tertiary/aromatic N) is 1. The van der Waals surface area contributed by atoms with Crippen molar-refractivity contribution in [3.05, 3.63) is 60.2 Å². The van der Waals surface area contributed by atoms with Crippen LogP contribution in [0.4, 0.5) is 5.13 Å². The van der Waals surface area contributed by atoms with Gasteiger partial charge >= 0.3 is 0 Å². The topological polar surface area (TPSA) is 51.2 Å². The second-order valence-electron chi connectivity index (χ2n) is 4.79. The number of hydrogen-bond donors (Lipinski definition) is 1. The third-order valence-electron chi connectivity index (χ3n) is 3.14. The van der Waals surface area contributed by atoms with Crippen molar-refractivity contribution in [2.24, 2.45) is 0 Å². The fourth-order valence-electron chi connectivity index (χ4n) is 2.13. The van der Waals surface area contributed by atoms with Crippen LogP contribution in [0.25, 0.3) is 16.3 Å². The molecule has 0 atom stereocenters. The third-order valence-corrected chi connectivity index (χ3v) is 4.07. The molecular formula is C18H16N2O2S. The summed E-state index contributed by atoms with van der Waals surface area (Å²) in [6.45, 7) is 2.51. The Morgan fingerprint density at radius 1 is 1.22 bits per heavy atom. The van der Waals surface area contributed by atoms with E-state index in [1.807, 2.05) is 55.5 Å². The number of para-hydroxylation sites is 1. The Hall–Kier alpha value is -2.66. The highest BCUT2D eigenvalue weighted by atomic mass is 32.1. The zero-order chi connectivity index (χ0) is 16.1. The summed E-state index contributed by atoms with van der Waals surface area (Å²) in [6, 6.07) is 15.4. The molecule has 0 unspecified atom stereocenters. The van der Waals surface area contributed by atoms with Gasteiger partial charge in [0.25, 0.3) is 0 Å². The highest BCUT2D eigenvalue weighted by Crippen LogP contribution is 2.32. The van der Waals surface area contributed by atoms with Crippen molar-refractivity contribution in [1.29, 1.82) is 0 Å². The average Bonchev–Trinajstić information content (AvgIpc) is 2.97. The Balaban J connectivity index is 1.75. The lowest BCUT2D eigenvalue weighted by molar-refractivity contribution is -0.111. The molecule has 0 radical (unpaired) electrons. The number of fused-ring (bicyclic) bond motifs is 1. The van der Waals surface area contributed by atoms with Gasteiger partial charge in [-0.3, -0.25) is 10.1 Å². The summed E-state index contributed by atoms with van der Waals surface area (Å²) in [7, 11) is 0. The molecule has 3 rings (SSSR count). The number of carbonyl (C=O) groups excluding carboxylic acids is 1. The minimum absolute atomic E-state index is 0.203. The molecule has 0 aliphatic carbocycles. The van der Waals surface area contributed by atoms with Gasteiger partial charge in [0, 0.05) is 6.08 Å². The van der Waals surface area contributed by atoms with E-state index in [2.05, 4.69) is 10.3 Å². The van der Waals surface area contributed by atoms with Crippen LogP contribution in [0, 0.1) is 0 Å². The SMILES string of the molecule is CCOc1cccc2sc(NC(=O)C=Cc3ccccc3)nc12. The Labute approximate surface area is 138 Å². The molecule has 5 heteroatoms. The van der Waals surface area contributed by atoms with Gasteiger partial charge in [0.05, 0.1) is 11.3 Å². The number of nitrogens with one attached hydrogen (secondary N) is 1. The van der Waals surface area contributed by atoms with Crippen LogP contribution in [-0.4, -0.2) is 17.5 Å². The zero-order valence-corrected chi connectivity index (χ0v) is 13.5. The summed E-state index contributed by atoms with van der Waals surface area (Å²) in [5.74, 6) is 0.535. The molecule has 0 spiro atoms. The molecule has 4 nitrogen and oxygen atoms in total. The number of hydrogen-bond acceptors (Lipinski definition) is 4. The van der Waals surface area contributed by atoms with Crippen molar-refractivity contribution in [3.8, 4) is 5.75 Å². The van der Waals surface area contributed by atoms with Crippen molar-refractivity contribution >= 4 is 38.7 Å². The lowest BCUT2D eigenvalue weighted by Gasteiger charge is -2.01. The van der Waals surface area contributed by atoms with Gasteiger partial charge in [-0.1, -0.05) is 47.7 Å². The first-order valence-electron chi connectivity index (χ1n) is 7.32. The number of carbonyl (C=O) groups is 1. The van der Waals surface area contributed by atoms with E-state index in [9.17, 15) is 4.79 Å². The number of rotatable bonds is 5. The smallest absolute Gasteiger partial charge is 0.250 e. The summed E-state index contributed by atoms with van der Waals surface area (Å²) in [6.07, 6.45) is 3.28. The molecule has 116 valence electrons. The van der Waals surface area contributed by atoms with Gasteiger partial charge in [-0.2, -0.15) is 0 Å². The van der Waals surface area contributed by atoms with Crippen LogP contribution in [-0.2, 0) is 4.79 Å². The van der Waals surface area contributed by atoms with Crippen LogP contribution >= 0.6 is 11.3 Å². The van der Waals surface area contributed by atoms with Crippen molar-refractivity contribution in [1.82, 2.24) is 4.98 Å². The first-order chi connectivity index (χ1) is 11.3. The Morgan fingerprint density at radius 2 is 2.04 bits per heavy atom. The van der Waals surface area contributed by atoms with Crippen molar-refractivity contribution < 1.29 is 9.53 Å². The van der Waals surface area contributed by atoms with E-state index in [0.29, 0.717) is 11.7 Å². The lowest BCUT2D eigenvalue weighted by Crippen LogP contribution is -2.07. The van der Waals surface area contributed by atoms with E-state index in [4.69, 9.17) is 4.74 Å². The van der Waals surface area contributed by atoms with Gasteiger partial charge in [-0.25, -0.2) is 4.98 Å². The molecule has 0 aliphatic heterocycles. The van der Waals surface area contributed by atoms with Crippen molar-refractivity contribution in [2.75, 3.05) is 11.9 Å². The van der Waals surface area contributed by atoms with E-state index in [-0.39, 0.29) is 5.91 Å². The monoisotopic (exact) mass is 324 g/mol. The molecule has 0 saturated carbocycles. The van der Waals surface area contributed by atoms with Gasteiger partial charge in [-0.05, 0) is 30.7 Å². The largest absolute Gasteiger partial charge is 0.492 e. The molecule has 1 aromatic heterocycles. The van der Waals surface area contributed by atoms with Crippen molar-refractivity contribution in [3.63, 3.8) is 0 Å². The third kappa shape index (κ3) is 3.76. The van der Waals surface area contributed by atoms with Crippen LogP contribution in [0.15, 0.2) is 54.6 Å². The van der Waals surface area contributed by atoms with E-state index in [1.54, 1.807) is 6.08 Å². The van der Waals surface area contributed by atoms with Crippen LogP contribution in [0.3, 0.4) is 0 Å². The molecule has 0 fully saturated rings. The molecule has 2 aromatic carbocycles. The summed E-state index contributed by atoms with van der Waals surface area (Å²) in [4.78, 5) is 16.5. The lowest BCUT2D eigenvalue weighted by atomic mass is 10.2. The molecule has 0 bridgehead atoms. The quantitative estimate of drug-likeness (QED) is 0.710. The average molecular weight is 324 g/mol. The Bertz CT molecular complexity index is 841. The molecule has 0 aliphatic rings. The van der Waals surface area contributed by atoms with Gasteiger partial charge in [-0.15, -0.1) is 0 Å². The molecule has 1 N–H and O–H groups in total. The summed E-state index contributed by atoms with van der Waals surface area (Å²) < 4.78 is 6.54. The maximum Gasteiger partial charge on any atom is 0.250 e. The molecular weight excluding hydrogens is 308 g/mol. The van der Waals surface area contributed by atoms with E-state index < -0.39 is 0 Å². The number of thiazole rings is 1. The zero-order valence-electron chi connectivity index (χ0n) is 12.7. The second-order valence-corrected chi connectivity index (χ2v) is 5.82. The summed E-state index contributed by atoms with van der Waals surface area (Å²) in [5, 5.41) is 3.36. The molecule has 23 heavy (non-hydrogen) atoms. The molecule has 3 aromatic rings. The fourth-order valence-corrected chi connectivity index (χ4v) is 3.02. The van der Waals surface area contributed by atoms with Gasteiger partial charge in [0.15, 0.2) is 5.13 Å². The van der Waals surface area contributed by atoms with Crippen LogP contribution in [0.2, 0.25) is 0 Å². The van der Waals surface area contributed by atoms with Gasteiger partial charge in [0.1, 0.15) is 11.3 Å². The number of ether oxygens (including phenoxy) is 1. The van der Waals surface area contributed by atoms with Gasteiger partial charge in [0.2, 0.25) is 5.91 Å². The molecule has 0 saturated heterocycles. The van der Waals surface area contributed by atoms with Gasteiger partial charge < -0.3 is 4.74 Å². The second kappa shape index (κ2) is 7.07. The molecule has 1 heterocycles. The number of aromatic nitrogens is 1. The number of anilines is 1. The minimum Gasteiger partial charge on any atom is -0.492 e. The highest BCUT2D eigenvalue weighted by Gasteiger charge is 2.10. The fraction of sp³-hybridized carbons (Fsp3) is 0.111. The van der Waals surface area contributed by atoms with E-state index >= 15 is 0 Å². The predicted octanol–water partition coefficient (Wildman–Crippen LogP) is 4.35. The van der Waals surface area contributed by atoms with E-state index in [0.717, 1.165) is 21.5 Å². The summed E-state index contributed by atoms with van der Waals surface area (Å²) in [5.41, 5.74) is 1.76. The predicted molar refractivity (Wildman–Crippen MR) is 94.9 cm³/mol. The maximum absolute atomic E-state index is 12.0. The van der Waals surface area contributed by atoms with E-state index in [1.165, 1.54) is 17.4 Å². The first-order valence-corrected chi connectivity index (χ1v) is 8.14. The normalized spacial score (nSPS) is 11.0. The summed E-state index contributed by atoms with van der Waals surface area (Å²) >= 11 is 1.43. The number of benzene rings is 2. The number of amides is 1. The minimum atomic E-state index is -0.203. The highest BCUT2D eigenvalue weighted by molar-refractivity contribution is 7.22. The Kier molecular flexibility index (Phi) is 4.68. The standard InChI is InChI=1S/C18H16N2O2S/c1-2-22-14-9-6-10-15-17(14)20-18(23-15)19-16(21)12-11-13-7-4-3-5-8-13/h3-12H,2H2,1H3,(H,19,20,21). The molecule has 1 amide bonds. The Morgan fingerprint density at radius 3 is 2.83 bits per heavy atom. The van der Waals surface area contributed by atoms with Crippen LogP contribution < -0.4 is 10.1 Å². The maximum atomic E-state index is 12.0.